The van der Waals surface area contributed by atoms with E-state index in [1.807, 2.05) is 60.7 Å². The maximum absolute atomic E-state index is 12.6. The van der Waals surface area contributed by atoms with Crippen molar-refractivity contribution in [3.8, 4) is 0 Å². The number of nitrogens with zero attached hydrogens (tertiary/aromatic N) is 2. The summed E-state index contributed by atoms with van der Waals surface area (Å²) in [6, 6.07) is 19.3. The number of aryl methyl sites for hydroxylation is 1. The van der Waals surface area contributed by atoms with Crippen LogP contribution in [0.15, 0.2) is 60.7 Å². The van der Waals surface area contributed by atoms with Crippen LogP contribution in [0.1, 0.15) is 17.5 Å². The number of amides is 2. The van der Waals surface area contributed by atoms with E-state index in [2.05, 4.69) is 0 Å². The smallest absolute Gasteiger partial charge is 0.245 e. The lowest BCUT2D eigenvalue weighted by Gasteiger charge is -2.29. The molecule has 132 valence electrons. The lowest BCUT2D eigenvalue weighted by molar-refractivity contribution is -0.142. The molecule has 4 nitrogen and oxygen atoms in total. The van der Waals surface area contributed by atoms with E-state index in [0.717, 1.165) is 11.1 Å². The fourth-order valence-electron chi connectivity index (χ4n) is 2.77. The zero-order valence-corrected chi connectivity index (χ0v) is 15.2. The van der Waals surface area contributed by atoms with E-state index in [-0.39, 0.29) is 11.8 Å². The van der Waals surface area contributed by atoms with Crippen LogP contribution in [0.3, 0.4) is 0 Å². The van der Waals surface area contributed by atoms with E-state index in [1.54, 1.807) is 30.9 Å². The van der Waals surface area contributed by atoms with Gasteiger partial charge in [-0.05, 0) is 17.5 Å². The van der Waals surface area contributed by atoms with Gasteiger partial charge < -0.3 is 9.80 Å². The van der Waals surface area contributed by atoms with E-state index in [4.69, 9.17) is 0 Å². The van der Waals surface area contributed by atoms with Crippen LogP contribution in [0.2, 0.25) is 0 Å². The highest BCUT2D eigenvalue weighted by molar-refractivity contribution is 5.87. The summed E-state index contributed by atoms with van der Waals surface area (Å²) < 4.78 is 0. The van der Waals surface area contributed by atoms with Crippen molar-refractivity contribution in [2.75, 3.05) is 21.1 Å². The number of hydrogen-bond donors (Lipinski definition) is 0. The maximum atomic E-state index is 12.6. The van der Waals surface area contributed by atoms with Crippen molar-refractivity contribution in [3.63, 3.8) is 0 Å². The Kier molecular flexibility index (Phi) is 6.75. The third-order valence-electron chi connectivity index (χ3n) is 4.33. The van der Waals surface area contributed by atoms with Crippen LogP contribution in [0.5, 0.6) is 0 Å². The predicted octanol–water partition coefficient (Wildman–Crippen LogP) is 2.78. The first-order chi connectivity index (χ1) is 12.0. The van der Waals surface area contributed by atoms with Crippen molar-refractivity contribution in [1.82, 2.24) is 9.80 Å². The number of benzene rings is 2. The van der Waals surface area contributed by atoms with Crippen LogP contribution in [0.25, 0.3) is 0 Å². The van der Waals surface area contributed by atoms with Gasteiger partial charge in [-0.15, -0.1) is 0 Å². The first-order valence-corrected chi connectivity index (χ1v) is 8.53. The summed E-state index contributed by atoms with van der Waals surface area (Å²) >= 11 is 0. The molecule has 0 heterocycles. The maximum Gasteiger partial charge on any atom is 0.245 e. The molecule has 2 aromatic rings. The van der Waals surface area contributed by atoms with Gasteiger partial charge in [-0.25, -0.2) is 0 Å². The second-order valence-electron chi connectivity index (χ2n) is 6.43. The normalized spacial score (nSPS) is 11.6. The van der Waals surface area contributed by atoms with E-state index in [0.29, 0.717) is 19.3 Å². The minimum atomic E-state index is -0.485. The number of likely N-dealkylation sites (N-methyl/N-ethyl adjacent to an activating group) is 2. The van der Waals surface area contributed by atoms with Crippen molar-refractivity contribution in [3.05, 3.63) is 71.8 Å². The molecular formula is C21H26N2O2. The van der Waals surface area contributed by atoms with Crippen molar-refractivity contribution in [2.45, 2.75) is 25.3 Å². The number of carbonyl (C=O) groups excluding carboxylic acids is 2. The summed E-state index contributed by atoms with van der Waals surface area (Å²) in [6.45, 7) is 0. The van der Waals surface area contributed by atoms with Gasteiger partial charge in [-0.2, -0.15) is 0 Å². The Labute approximate surface area is 150 Å². The molecule has 2 rings (SSSR count). The second kappa shape index (κ2) is 9.02. The lowest BCUT2D eigenvalue weighted by atomic mass is 10.0. The van der Waals surface area contributed by atoms with Crippen LogP contribution >= 0.6 is 0 Å². The molecule has 0 aliphatic heterocycles. The Hall–Kier alpha value is -2.62. The lowest BCUT2D eigenvalue weighted by Crippen LogP contribution is -2.48. The SMILES string of the molecule is CN(C)C(=O)[C@@H](Cc1ccccc1)N(C)C(=O)CCc1ccccc1. The quantitative estimate of drug-likeness (QED) is 0.779. The zero-order valence-electron chi connectivity index (χ0n) is 15.2. The molecule has 0 aromatic heterocycles. The standard InChI is InChI=1S/C21H26N2O2/c1-22(2)21(25)19(16-18-12-8-5-9-13-18)23(3)20(24)15-14-17-10-6-4-7-11-17/h4-13,19H,14-16H2,1-3H3/t19-/m1/s1. The molecule has 0 unspecified atom stereocenters. The molecule has 0 saturated carbocycles. The van der Waals surface area contributed by atoms with E-state index in [1.165, 1.54) is 0 Å². The number of rotatable bonds is 7. The van der Waals surface area contributed by atoms with Crippen LogP contribution in [0, 0.1) is 0 Å². The van der Waals surface area contributed by atoms with Crippen molar-refractivity contribution >= 4 is 11.8 Å². The summed E-state index contributed by atoms with van der Waals surface area (Å²) in [4.78, 5) is 28.4. The van der Waals surface area contributed by atoms with E-state index in [9.17, 15) is 9.59 Å². The summed E-state index contributed by atoms with van der Waals surface area (Å²) in [6.07, 6.45) is 1.59. The molecule has 2 aromatic carbocycles. The van der Waals surface area contributed by atoms with E-state index >= 15 is 0 Å². The second-order valence-corrected chi connectivity index (χ2v) is 6.43. The van der Waals surface area contributed by atoms with Crippen LogP contribution in [0.4, 0.5) is 0 Å². The molecule has 2 amide bonds. The Morgan fingerprint density at radius 2 is 1.36 bits per heavy atom. The Morgan fingerprint density at radius 1 is 0.840 bits per heavy atom. The van der Waals surface area contributed by atoms with Crippen molar-refractivity contribution in [2.24, 2.45) is 0 Å². The molecule has 0 N–H and O–H groups in total. The van der Waals surface area contributed by atoms with Gasteiger partial charge in [-0.3, -0.25) is 9.59 Å². The highest BCUT2D eigenvalue weighted by Gasteiger charge is 2.28. The minimum absolute atomic E-state index is 0.0139. The molecule has 0 radical (unpaired) electrons. The van der Waals surface area contributed by atoms with Crippen LogP contribution in [-0.4, -0.2) is 48.8 Å². The average Bonchev–Trinajstić information content (AvgIpc) is 2.64. The largest absolute Gasteiger partial charge is 0.347 e. The highest BCUT2D eigenvalue weighted by atomic mass is 16.2. The number of carbonyl (C=O) groups is 2. The molecule has 0 aliphatic rings. The molecule has 0 spiro atoms. The highest BCUT2D eigenvalue weighted by Crippen LogP contribution is 2.12. The molecular weight excluding hydrogens is 312 g/mol. The van der Waals surface area contributed by atoms with E-state index < -0.39 is 6.04 Å². The molecule has 0 aliphatic carbocycles. The molecule has 25 heavy (non-hydrogen) atoms. The topological polar surface area (TPSA) is 40.6 Å². The zero-order chi connectivity index (χ0) is 18.2. The van der Waals surface area contributed by atoms with Gasteiger partial charge in [0.1, 0.15) is 6.04 Å². The van der Waals surface area contributed by atoms with Gasteiger partial charge in [0.15, 0.2) is 0 Å². The third-order valence-corrected chi connectivity index (χ3v) is 4.33. The summed E-state index contributed by atoms with van der Waals surface area (Å²) in [5, 5.41) is 0. The van der Waals surface area contributed by atoms with Crippen molar-refractivity contribution < 1.29 is 9.59 Å². The first-order valence-electron chi connectivity index (χ1n) is 8.53. The molecule has 0 bridgehead atoms. The molecule has 0 saturated heterocycles. The molecule has 0 fully saturated rings. The number of hydrogen-bond acceptors (Lipinski definition) is 2. The summed E-state index contributed by atoms with van der Waals surface area (Å²) in [5.74, 6) is -0.0700. The Morgan fingerprint density at radius 3 is 1.88 bits per heavy atom. The summed E-state index contributed by atoms with van der Waals surface area (Å²) in [7, 11) is 5.17. The van der Waals surface area contributed by atoms with Gasteiger partial charge in [0.05, 0.1) is 0 Å². The fraction of sp³-hybridized carbons (Fsp3) is 0.333. The minimum Gasteiger partial charge on any atom is -0.347 e. The fourth-order valence-corrected chi connectivity index (χ4v) is 2.77. The Bertz CT molecular complexity index is 684. The predicted molar refractivity (Wildman–Crippen MR) is 100 cm³/mol. The van der Waals surface area contributed by atoms with Gasteiger partial charge in [0, 0.05) is 34.0 Å². The van der Waals surface area contributed by atoms with Gasteiger partial charge in [0.25, 0.3) is 0 Å². The Balaban J connectivity index is 2.06. The first kappa shape index (κ1) is 18.7. The third kappa shape index (κ3) is 5.45. The van der Waals surface area contributed by atoms with Gasteiger partial charge in [-0.1, -0.05) is 60.7 Å². The van der Waals surface area contributed by atoms with Crippen molar-refractivity contribution in [1.29, 1.82) is 0 Å². The average molecular weight is 338 g/mol. The summed E-state index contributed by atoms with van der Waals surface area (Å²) in [5.41, 5.74) is 2.17. The van der Waals surface area contributed by atoms with Gasteiger partial charge in [0.2, 0.25) is 11.8 Å². The van der Waals surface area contributed by atoms with Crippen LogP contribution < -0.4 is 0 Å². The van der Waals surface area contributed by atoms with Crippen LogP contribution in [-0.2, 0) is 22.4 Å². The molecule has 4 heteroatoms. The molecule has 1 atom stereocenters. The van der Waals surface area contributed by atoms with Gasteiger partial charge >= 0.3 is 0 Å². The monoisotopic (exact) mass is 338 g/mol.